The highest BCUT2D eigenvalue weighted by atomic mass is 17.0. The summed E-state index contributed by atoms with van der Waals surface area (Å²) in [4.78, 5) is 0. The van der Waals surface area contributed by atoms with Gasteiger partial charge in [0.2, 0.25) is 0 Å². The lowest BCUT2D eigenvalue weighted by atomic mass is 9.75. The molecule has 3 saturated carbocycles. The SMILES string of the molecule is COC(OC1CC(C)CCC1C(C)C)(OC1CC(C)CCC1C(C)C)OC1CC(C)CCC1C(C)C. The van der Waals surface area contributed by atoms with Crippen molar-refractivity contribution in [3.05, 3.63) is 0 Å². The highest BCUT2D eigenvalue weighted by molar-refractivity contribution is 4.86. The second-order valence-electron chi connectivity index (χ2n) is 14.2. The van der Waals surface area contributed by atoms with Gasteiger partial charge in [-0.25, -0.2) is 0 Å². The lowest BCUT2D eigenvalue weighted by molar-refractivity contribution is -0.530. The average molecular weight is 509 g/mol. The first-order chi connectivity index (χ1) is 16.9. The molecule has 0 aliphatic heterocycles. The standard InChI is InChI=1S/C32H60O4/c1-20(2)26-14-11-23(7)17-29(26)34-32(33-10,35-30-18-24(8)12-15-27(30)21(3)4)36-31-19-25(9)13-16-28(31)22(5)6/h20-31H,11-19H2,1-10H3. The fraction of sp³-hybridized carbons (Fsp3) is 1.00. The Labute approximate surface area is 223 Å². The Bertz CT molecular complexity index is 562. The van der Waals surface area contributed by atoms with Crippen LogP contribution < -0.4 is 0 Å². The van der Waals surface area contributed by atoms with Gasteiger partial charge in [-0.05, 0) is 91.8 Å². The molecule has 4 nitrogen and oxygen atoms in total. The first-order valence-corrected chi connectivity index (χ1v) is 15.5. The molecular formula is C32H60O4. The van der Waals surface area contributed by atoms with Crippen molar-refractivity contribution < 1.29 is 18.9 Å². The molecule has 0 bridgehead atoms. The predicted octanol–water partition coefficient (Wildman–Crippen LogP) is 8.68. The summed E-state index contributed by atoms with van der Waals surface area (Å²) in [5.41, 5.74) is 0. The van der Waals surface area contributed by atoms with E-state index in [-0.39, 0.29) is 18.3 Å². The van der Waals surface area contributed by atoms with E-state index in [9.17, 15) is 0 Å². The third kappa shape index (κ3) is 7.70. The summed E-state index contributed by atoms with van der Waals surface area (Å²) < 4.78 is 27.4. The minimum absolute atomic E-state index is 0.0886. The molecule has 212 valence electrons. The van der Waals surface area contributed by atoms with Crippen molar-refractivity contribution in [1.82, 2.24) is 0 Å². The van der Waals surface area contributed by atoms with E-state index in [1.165, 1.54) is 38.5 Å². The first kappa shape index (κ1) is 30.4. The molecule has 0 amide bonds. The van der Waals surface area contributed by atoms with E-state index in [4.69, 9.17) is 18.9 Å². The molecule has 0 heterocycles. The Morgan fingerprint density at radius 1 is 0.500 bits per heavy atom. The molecule has 3 aliphatic rings. The fourth-order valence-electron chi connectivity index (χ4n) is 7.53. The van der Waals surface area contributed by atoms with Crippen LogP contribution in [-0.2, 0) is 18.9 Å². The topological polar surface area (TPSA) is 36.9 Å². The van der Waals surface area contributed by atoms with Crippen LogP contribution in [0.2, 0.25) is 0 Å². The second-order valence-corrected chi connectivity index (χ2v) is 14.2. The Balaban J connectivity index is 1.94. The van der Waals surface area contributed by atoms with Crippen molar-refractivity contribution in [1.29, 1.82) is 0 Å². The summed E-state index contributed by atoms with van der Waals surface area (Å²) in [6.07, 6.45) is 9.40. The van der Waals surface area contributed by atoms with Gasteiger partial charge in [0.15, 0.2) is 0 Å². The molecule has 0 spiro atoms. The number of rotatable bonds is 10. The largest absolute Gasteiger partial charge is 0.413 e. The predicted molar refractivity (Wildman–Crippen MR) is 148 cm³/mol. The molecule has 9 unspecified atom stereocenters. The van der Waals surface area contributed by atoms with Crippen molar-refractivity contribution >= 4 is 0 Å². The van der Waals surface area contributed by atoms with Crippen molar-refractivity contribution in [3.8, 4) is 0 Å². The van der Waals surface area contributed by atoms with Gasteiger partial charge in [-0.1, -0.05) is 81.6 Å². The van der Waals surface area contributed by atoms with Crippen molar-refractivity contribution in [2.45, 2.75) is 145 Å². The van der Waals surface area contributed by atoms with Crippen molar-refractivity contribution in [2.75, 3.05) is 7.11 Å². The normalized spacial score (nSPS) is 40.1. The van der Waals surface area contributed by atoms with E-state index < -0.39 is 6.16 Å². The third-order valence-corrected chi connectivity index (χ3v) is 10.0. The average Bonchev–Trinajstić information content (AvgIpc) is 2.78. The second kappa shape index (κ2) is 13.3. The number of methoxy groups -OCH3 is 1. The van der Waals surface area contributed by atoms with Gasteiger partial charge in [0.05, 0.1) is 18.3 Å². The van der Waals surface area contributed by atoms with Gasteiger partial charge in [0, 0.05) is 7.11 Å². The fourth-order valence-corrected chi connectivity index (χ4v) is 7.53. The Kier molecular flexibility index (Phi) is 11.2. The van der Waals surface area contributed by atoms with Crippen LogP contribution in [0.5, 0.6) is 0 Å². The molecule has 36 heavy (non-hydrogen) atoms. The zero-order valence-corrected chi connectivity index (χ0v) is 25.4. The van der Waals surface area contributed by atoms with Crippen LogP contribution in [0.15, 0.2) is 0 Å². The molecule has 0 N–H and O–H groups in total. The highest BCUT2D eigenvalue weighted by Crippen LogP contribution is 2.44. The molecule has 3 rings (SSSR count). The van der Waals surface area contributed by atoms with Crippen LogP contribution in [0.3, 0.4) is 0 Å². The maximum absolute atomic E-state index is 7.04. The van der Waals surface area contributed by atoms with Crippen molar-refractivity contribution in [3.63, 3.8) is 0 Å². The molecule has 0 saturated heterocycles. The smallest absolute Gasteiger partial charge is 0.307 e. The summed E-state index contributed by atoms with van der Waals surface area (Å²) in [7, 11) is 1.74. The minimum Gasteiger partial charge on any atom is -0.307 e. The zero-order chi connectivity index (χ0) is 26.6. The van der Waals surface area contributed by atoms with Gasteiger partial charge in [-0.2, -0.15) is 0 Å². The molecule has 0 radical (unpaired) electrons. The number of hydrogen-bond acceptors (Lipinski definition) is 4. The van der Waals surface area contributed by atoms with E-state index in [1.807, 2.05) is 0 Å². The molecular weight excluding hydrogens is 448 g/mol. The number of hydrogen-bond donors (Lipinski definition) is 0. The summed E-state index contributed by atoms with van der Waals surface area (Å²) in [5, 5.41) is 0. The zero-order valence-electron chi connectivity index (χ0n) is 25.4. The van der Waals surface area contributed by atoms with E-state index >= 15 is 0 Å². The van der Waals surface area contributed by atoms with E-state index in [2.05, 4.69) is 62.3 Å². The maximum atomic E-state index is 7.04. The maximum Gasteiger partial charge on any atom is 0.413 e. The highest BCUT2D eigenvalue weighted by Gasteiger charge is 2.49. The van der Waals surface area contributed by atoms with Crippen LogP contribution >= 0.6 is 0 Å². The summed E-state index contributed by atoms with van der Waals surface area (Å²) in [5.74, 6) is 5.14. The molecule has 3 aliphatic carbocycles. The molecule has 4 heteroatoms. The van der Waals surface area contributed by atoms with Crippen LogP contribution in [-0.4, -0.2) is 31.6 Å². The van der Waals surface area contributed by atoms with E-state index in [1.54, 1.807) is 7.11 Å². The summed E-state index contributed by atoms with van der Waals surface area (Å²) in [6, 6.07) is 0. The monoisotopic (exact) mass is 508 g/mol. The molecule has 0 aromatic carbocycles. The van der Waals surface area contributed by atoms with Gasteiger partial charge in [0.1, 0.15) is 0 Å². The third-order valence-electron chi connectivity index (χ3n) is 10.0. The van der Waals surface area contributed by atoms with Gasteiger partial charge >= 0.3 is 6.16 Å². The minimum atomic E-state index is -1.43. The van der Waals surface area contributed by atoms with Gasteiger partial charge in [-0.3, -0.25) is 14.2 Å². The molecule has 9 atom stereocenters. The Hall–Kier alpha value is -0.160. The summed E-state index contributed by atoms with van der Waals surface area (Å²) >= 11 is 0. The first-order valence-electron chi connectivity index (χ1n) is 15.5. The Morgan fingerprint density at radius 2 is 0.778 bits per heavy atom. The Morgan fingerprint density at radius 3 is 1.00 bits per heavy atom. The van der Waals surface area contributed by atoms with Crippen LogP contribution in [0, 0.1) is 53.3 Å². The molecule has 3 fully saturated rings. The van der Waals surface area contributed by atoms with Crippen LogP contribution in [0.4, 0.5) is 0 Å². The van der Waals surface area contributed by atoms with Crippen LogP contribution in [0.25, 0.3) is 0 Å². The summed E-state index contributed by atoms with van der Waals surface area (Å²) in [6.45, 7) is 21.1. The molecule has 0 aromatic rings. The van der Waals surface area contributed by atoms with Crippen LogP contribution in [0.1, 0.15) is 120 Å². The molecule has 0 aromatic heterocycles. The quantitative estimate of drug-likeness (QED) is 0.277. The van der Waals surface area contributed by atoms with Gasteiger partial charge in [0.25, 0.3) is 0 Å². The van der Waals surface area contributed by atoms with Gasteiger partial charge < -0.3 is 4.74 Å². The lowest BCUT2D eigenvalue weighted by Gasteiger charge is -2.48. The van der Waals surface area contributed by atoms with E-state index in [0.717, 1.165) is 19.3 Å². The van der Waals surface area contributed by atoms with E-state index in [0.29, 0.717) is 53.3 Å². The van der Waals surface area contributed by atoms with Crippen molar-refractivity contribution in [2.24, 2.45) is 53.3 Å². The lowest BCUT2D eigenvalue weighted by Crippen LogP contribution is -2.54. The number of ether oxygens (including phenoxy) is 4. The van der Waals surface area contributed by atoms with Gasteiger partial charge in [-0.15, -0.1) is 0 Å².